The summed E-state index contributed by atoms with van der Waals surface area (Å²) in [4.78, 5) is 23.4. The van der Waals surface area contributed by atoms with Crippen molar-refractivity contribution < 1.29 is 18.7 Å². The zero-order chi connectivity index (χ0) is 10.9. The van der Waals surface area contributed by atoms with E-state index in [1.807, 2.05) is 13.8 Å². The van der Waals surface area contributed by atoms with Gasteiger partial charge in [-0.2, -0.15) is 0 Å². The number of carbonyl (C=O) groups is 2. The summed E-state index contributed by atoms with van der Waals surface area (Å²) in [7, 11) is 0. The highest BCUT2D eigenvalue weighted by atomic mass is 19.1. The molecule has 0 aliphatic carbocycles. The molecule has 80 valence electrons. The summed E-state index contributed by atoms with van der Waals surface area (Å²) in [6, 6.07) is -0.340. The molecule has 0 bridgehead atoms. The van der Waals surface area contributed by atoms with Crippen LogP contribution in [0.25, 0.3) is 0 Å². The molecule has 4 nitrogen and oxygen atoms in total. The zero-order valence-electron chi connectivity index (χ0n) is 8.49. The van der Waals surface area contributed by atoms with Gasteiger partial charge in [-0.1, -0.05) is 13.8 Å². The number of cyclic esters (lactones) is 1. The number of ether oxygens (including phenoxy) is 1. The minimum absolute atomic E-state index is 0.0733. The van der Waals surface area contributed by atoms with Gasteiger partial charge in [0.25, 0.3) is 5.91 Å². The molecule has 0 N–H and O–H groups in total. The van der Waals surface area contributed by atoms with Crippen LogP contribution < -0.4 is 0 Å². The first-order valence-corrected chi connectivity index (χ1v) is 4.59. The molecule has 1 saturated heterocycles. The number of imide groups is 1. The van der Waals surface area contributed by atoms with Crippen molar-refractivity contribution in [3.8, 4) is 0 Å². The number of alkyl halides is 1. The van der Waals surface area contributed by atoms with Gasteiger partial charge in [-0.3, -0.25) is 4.79 Å². The molecule has 1 fully saturated rings. The van der Waals surface area contributed by atoms with E-state index in [0.717, 1.165) is 11.8 Å². The van der Waals surface area contributed by atoms with Gasteiger partial charge in [0.2, 0.25) is 0 Å². The van der Waals surface area contributed by atoms with E-state index in [9.17, 15) is 14.0 Å². The van der Waals surface area contributed by atoms with E-state index in [1.165, 1.54) is 0 Å². The first-order chi connectivity index (χ1) is 6.45. The van der Waals surface area contributed by atoms with E-state index in [0.29, 0.717) is 0 Å². The van der Waals surface area contributed by atoms with Gasteiger partial charge < -0.3 is 4.74 Å². The molecule has 5 heteroatoms. The third-order valence-electron chi connectivity index (χ3n) is 2.25. The van der Waals surface area contributed by atoms with Crippen molar-refractivity contribution in [1.29, 1.82) is 0 Å². The fourth-order valence-electron chi connectivity index (χ4n) is 1.37. The Labute approximate surface area is 82.0 Å². The number of amides is 2. The number of nitrogens with zero attached hydrogens (tertiary/aromatic N) is 1. The maximum absolute atomic E-state index is 12.8. The first kappa shape index (κ1) is 10.9. The Kier molecular flexibility index (Phi) is 3.08. The molecule has 1 rings (SSSR count). The molecular weight excluding hydrogens is 189 g/mol. The number of hydrogen-bond donors (Lipinski definition) is 0. The van der Waals surface area contributed by atoms with Crippen molar-refractivity contribution in [2.75, 3.05) is 6.61 Å². The second-order valence-electron chi connectivity index (χ2n) is 3.71. The highest BCUT2D eigenvalue weighted by molar-refractivity contribution is 5.95. The van der Waals surface area contributed by atoms with Crippen LogP contribution in [0.3, 0.4) is 0 Å². The number of rotatable bonds is 2. The molecule has 0 aromatic rings. The van der Waals surface area contributed by atoms with Gasteiger partial charge in [-0.15, -0.1) is 0 Å². The Morgan fingerprint density at radius 2 is 2.14 bits per heavy atom. The van der Waals surface area contributed by atoms with Gasteiger partial charge >= 0.3 is 6.09 Å². The molecule has 2 atom stereocenters. The standard InChI is InChI=1S/C9H14FNO3/c1-5(2)7-4-14-9(13)11(7)8(12)6(3)10/h5-7H,4H2,1-3H3/t6-,7+/m0/s1. The van der Waals surface area contributed by atoms with Crippen LogP contribution in [0.2, 0.25) is 0 Å². The van der Waals surface area contributed by atoms with Gasteiger partial charge in [-0.25, -0.2) is 14.1 Å². The maximum atomic E-state index is 12.8. The lowest BCUT2D eigenvalue weighted by Gasteiger charge is -2.22. The topological polar surface area (TPSA) is 46.6 Å². The van der Waals surface area contributed by atoms with E-state index in [2.05, 4.69) is 0 Å². The van der Waals surface area contributed by atoms with Gasteiger partial charge in [-0.05, 0) is 12.8 Å². The smallest absolute Gasteiger partial charge is 0.417 e. The predicted octanol–water partition coefficient (Wildman–Crippen LogP) is 1.35. The maximum Gasteiger partial charge on any atom is 0.417 e. The molecule has 0 aromatic heterocycles. The fourth-order valence-corrected chi connectivity index (χ4v) is 1.37. The Balaban J connectivity index is 2.82. The Morgan fingerprint density at radius 1 is 1.57 bits per heavy atom. The van der Waals surface area contributed by atoms with Crippen molar-refractivity contribution in [3.63, 3.8) is 0 Å². The van der Waals surface area contributed by atoms with E-state index in [-0.39, 0.29) is 18.6 Å². The quantitative estimate of drug-likeness (QED) is 0.680. The minimum atomic E-state index is -1.66. The van der Waals surface area contributed by atoms with E-state index < -0.39 is 18.2 Å². The third-order valence-corrected chi connectivity index (χ3v) is 2.25. The van der Waals surface area contributed by atoms with E-state index in [4.69, 9.17) is 4.74 Å². The van der Waals surface area contributed by atoms with Crippen LogP contribution in [-0.4, -0.2) is 35.7 Å². The molecule has 0 aromatic carbocycles. The van der Waals surface area contributed by atoms with Crippen LogP contribution in [0.5, 0.6) is 0 Å². The average Bonchev–Trinajstić information content (AvgIpc) is 2.45. The lowest BCUT2D eigenvalue weighted by Crippen LogP contribution is -2.44. The highest BCUT2D eigenvalue weighted by Gasteiger charge is 2.41. The van der Waals surface area contributed by atoms with Gasteiger partial charge in [0.05, 0.1) is 6.04 Å². The van der Waals surface area contributed by atoms with Crippen molar-refractivity contribution in [2.45, 2.75) is 33.0 Å². The minimum Gasteiger partial charge on any atom is -0.447 e. The van der Waals surface area contributed by atoms with E-state index in [1.54, 1.807) is 0 Å². The van der Waals surface area contributed by atoms with Crippen LogP contribution in [0.1, 0.15) is 20.8 Å². The van der Waals surface area contributed by atoms with Crippen molar-refractivity contribution in [2.24, 2.45) is 5.92 Å². The average molecular weight is 203 g/mol. The monoisotopic (exact) mass is 203 g/mol. The molecule has 2 amide bonds. The summed E-state index contributed by atoms with van der Waals surface area (Å²) in [6.07, 6.45) is -2.40. The first-order valence-electron chi connectivity index (χ1n) is 4.59. The van der Waals surface area contributed by atoms with Crippen LogP contribution in [0, 0.1) is 5.92 Å². The summed E-state index contributed by atoms with van der Waals surface area (Å²) in [5.74, 6) is -0.740. The van der Waals surface area contributed by atoms with Crippen molar-refractivity contribution in [1.82, 2.24) is 4.90 Å². The summed E-state index contributed by atoms with van der Waals surface area (Å²) >= 11 is 0. The Hall–Kier alpha value is -1.13. The van der Waals surface area contributed by atoms with Gasteiger partial charge in [0.1, 0.15) is 6.61 Å². The molecule has 0 spiro atoms. The second-order valence-corrected chi connectivity index (χ2v) is 3.71. The summed E-state index contributed by atoms with van der Waals surface area (Å²) < 4.78 is 17.5. The third kappa shape index (κ3) is 1.86. The van der Waals surface area contributed by atoms with Crippen LogP contribution in [-0.2, 0) is 9.53 Å². The lowest BCUT2D eigenvalue weighted by atomic mass is 10.0. The molecule has 1 aliphatic rings. The van der Waals surface area contributed by atoms with Crippen molar-refractivity contribution in [3.05, 3.63) is 0 Å². The van der Waals surface area contributed by atoms with Gasteiger partial charge in [0.15, 0.2) is 6.17 Å². The predicted molar refractivity (Wildman–Crippen MR) is 47.4 cm³/mol. The largest absolute Gasteiger partial charge is 0.447 e. The summed E-state index contributed by atoms with van der Waals surface area (Å²) in [6.45, 7) is 4.99. The molecule has 0 saturated carbocycles. The van der Waals surface area contributed by atoms with Crippen LogP contribution in [0.4, 0.5) is 9.18 Å². The van der Waals surface area contributed by atoms with Crippen LogP contribution >= 0.6 is 0 Å². The Morgan fingerprint density at radius 3 is 2.57 bits per heavy atom. The normalized spacial score (nSPS) is 23.9. The second kappa shape index (κ2) is 3.94. The lowest BCUT2D eigenvalue weighted by molar-refractivity contribution is -0.134. The fraction of sp³-hybridized carbons (Fsp3) is 0.778. The number of hydrogen-bond acceptors (Lipinski definition) is 3. The molecular formula is C9H14FNO3. The summed E-state index contributed by atoms with van der Waals surface area (Å²) in [5.41, 5.74) is 0. The molecule has 14 heavy (non-hydrogen) atoms. The SMILES string of the molecule is CC(C)[C@H]1COC(=O)N1C(=O)[C@H](C)F. The van der Waals surface area contributed by atoms with Crippen molar-refractivity contribution >= 4 is 12.0 Å². The highest BCUT2D eigenvalue weighted by Crippen LogP contribution is 2.20. The molecule has 0 unspecified atom stereocenters. The van der Waals surface area contributed by atoms with E-state index >= 15 is 0 Å². The van der Waals surface area contributed by atoms with Gasteiger partial charge in [0, 0.05) is 0 Å². The molecule has 1 heterocycles. The number of halogens is 1. The van der Waals surface area contributed by atoms with Crippen LogP contribution in [0.15, 0.2) is 0 Å². The molecule has 0 radical (unpaired) electrons. The summed E-state index contributed by atoms with van der Waals surface area (Å²) in [5, 5.41) is 0. The Bertz CT molecular complexity index is 252. The molecule has 1 aliphatic heterocycles. The zero-order valence-corrected chi connectivity index (χ0v) is 8.49. The number of carbonyl (C=O) groups excluding carboxylic acids is 2.